The smallest absolute Gasteiger partial charge is 0.257 e. The van der Waals surface area contributed by atoms with Crippen molar-refractivity contribution in [3.05, 3.63) is 29.0 Å². The lowest BCUT2D eigenvalue weighted by Gasteiger charge is -2.15. The molecular weight excluding hydrogens is 372 g/mol. The van der Waals surface area contributed by atoms with Crippen molar-refractivity contribution in [1.82, 2.24) is 14.9 Å². The van der Waals surface area contributed by atoms with E-state index < -0.39 is 6.04 Å². The highest BCUT2D eigenvalue weighted by Crippen LogP contribution is 2.29. The van der Waals surface area contributed by atoms with E-state index in [1.807, 2.05) is 24.3 Å². The minimum atomic E-state index is -0.456. The van der Waals surface area contributed by atoms with Gasteiger partial charge in [0.15, 0.2) is 0 Å². The number of rotatable bonds is 9. The first-order valence-electron chi connectivity index (χ1n) is 10.1. The lowest BCUT2D eigenvalue weighted by molar-refractivity contribution is -0.121. The molecule has 1 aliphatic rings. The van der Waals surface area contributed by atoms with E-state index in [4.69, 9.17) is 12.2 Å². The number of nitrogens with zero attached hydrogens (tertiary/aromatic N) is 2. The summed E-state index contributed by atoms with van der Waals surface area (Å²) in [6.45, 7) is 5.05. The number of nitrogens with one attached hydrogen (secondary N) is 2. The molecule has 6 nitrogen and oxygen atoms in total. The van der Waals surface area contributed by atoms with Crippen molar-refractivity contribution in [3.8, 4) is 0 Å². The van der Waals surface area contributed by atoms with Crippen LogP contribution in [-0.4, -0.2) is 34.0 Å². The summed E-state index contributed by atoms with van der Waals surface area (Å²) >= 11 is 5.30. The van der Waals surface area contributed by atoms with E-state index in [0.717, 1.165) is 23.7 Å². The average molecular weight is 401 g/mol. The van der Waals surface area contributed by atoms with Gasteiger partial charge in [0.05, 0.1) is 5.52 Å². The maximum Gasteiger partial charge on any atom is 0.257 e. The Morgan fingerprint density at radius 3 is 2.89 bits per heavy atom. The number of para-hydroxylation sites is 1. The van der Waals surface area contributed by atoms with Crippen LogP contribution in [0.2, 0.25) is 0 Å². The molecule has 0 saturated carbocycles. The van der Waals surface area contributed by atoms with E-state index in [1.54, 1.807) is 0 Å². The summed E-state index contributed by atoms with van der Waals surface area (Å²) in [5, 5.41) is 7.14. The number of amides is 1. The van der Waals surface area contributed by atoms with Gasteiger partial charge >= 0.3 is 0 Å². The van der Waals surface area contributed by atoms with Gasteiger partial charge in [-0.05, 0) is 43.1 Å². The van der Waals surface area contributed by atoms with E-state index >= 15 is 0 Å². The van der Waals surface area contributed by atoms with Crippen LogP contribution < -0.4 is 10.6 Å². The van der Waals surface area contributed by atoms with Crippen molar-refractivity contribution in [2.24, 2.45) is 5.92 Å². The van der Waals surface area contributed by atoms with Gasteiger partial charge in [-0.15, -0.1) is 0 Å². The number of fused-ring (bicyclic) bond motifs is 3. The summed E-state index contributed by atoms with van der Waals surface area (Å²) in [7, 11) is 0. The highest BCUT2D eigenvalue weighted by molar-refractivity contribution is 7.71. The first-order valence-corrected chi connectivity index (χ1v) is 10.5. The van der Waals surface area contributed by atoms with Gasteiger partial charge in [0, 0.05) is 18.4 Å². The largest absolute Gasteiger partial charge is 0.359 e. The fraction of sp³-hybridized carbons (Fsp3) is 0.524. The van der Waals surface area contributed by atoms with Crippen molar-refractivity contribution >= 4 is 40.8 Å². The molecule has 7 heteroatoms. The molecule has 2 N–H and O–H groups in total. The van der Waals surface area contributed by atoms with Gasteiger partial charge < -0.3 is 10.6 Å². The van der Waals surface area contributed by atoms with E-state index in [9.17, 15) is 9.59 Å². The number of carbonyl (C=O) groups is 2. The fourth-order valence-electron chi connectivity index (χ4n) is 3.63. The number of benzene rings is 1. The molecule has 0 unspecified atom stereocenters. The van der Waals surface area contributed by atoms with E-state index in [0.29, 0.717) is 31.1 Å². The van der Waals surface area contributed by atoms with Gasteiger partial charge in [0.1, 0.15) is 11.9 Å². The molecule has 0 saturated heterocycles. The summed E-state index contributed by atoms with van der Waals surface area (Å²) in [6, 6.07) is 7.14. The molecule has 2 atom stereocenters. The van der Waals surface area contributed by atoms with Crippen LogP contribution in [-0.2, 0) is 4.79 Å². The van der Waals surface area contributed by atoms with E-state index in [2.05, 4.69) is 29.5 Å². The Hall–Kier alpha value is -2.28. The third-order valence-electron chi connectivity index (χ3n) is 5.41. The quantitative estimate of drug-likeness (QED) is 0.613. The molecule has 3 rings (SSSR count). The number of aromatic nitrogens is 2. The topological polar surface area (TPSA) is 76.0 Å². The molecule has 1 aliphatic heterocycles. The fourth-order valence-corrected chi connectivity index (χ4v) is 3.91. The van der Waals surface area contributed by atoms with Crippen LogP contribution in [0.1, 0.15) is 57.2 Å². The van der Waals surface area contributed by atoms with Gasteiger partial charge in [0.25, 0.3) is 5.91 Å². The minimum Gasteiger partial charge on any atom is -0.359 e. The predicted octanol–water partition coefficient (Wildman–Crippen LogP) is 4.31. The third-order valence-corrected chi connectivity index (χ3v) is 5.68. The molecule has 150 valence electrons. The summed E-state index contributed by atoms with van der Waals surface area (Å²) in [4.78, 5) is 29.4. The monoisotopic (exact) mass is 400 g/mol. The molecule has 0 fully saturated rings. The lowest BCUT2D eigenvalue weighted by Crippen LogP contribution is -2.32. The van der Waals surface area contributed by atoms with Crippen molar-refractivity contribution in [2.45, 2.75) is 58.4 Å². The SMILES string of the molecule is CCCC[C@H](CC)CNC(=O)CC[C@@H]1Nc2c3ccccc3nc(=S)n2C1=O. The number of carbonyl (C=O) groups excluding carboxylic acids is 2. The Kier molecular flexibility index (Phi) is 6.78. The van der Waals surface area contributed by atoms with Gasteiger partial charge in [0.2, 0.25) is 10.7 Å². The second-order valence-corrected chi connectivity index (χ2v) is 7.76. The number of unbranched alkanes of at least 4 members (excludes halogenated alkanes) is 1. The Bertz CT molecular complexity index is 924. The summed E-state index contributed by atoms with van der Waals surface area (Å²) in [5.41, 5.74) is 0.759. The molecule has 0 bridgehead atoms. The van der Waals surface area contributed by atoms with Crippen LogP contribution in [0.3, 0.4) is 0 Å². The van der Waals surface area contributed by atoms with Crippen molar-refractivity contribution in [3.63, 3.8) is 0 Å². The van der Waals surface area contributed by atoms with Gasteiger partial charge in [-0.3, -0.25) is 9.59 Å². The standard InChI is InChI=1S/C21H28N4O2S/c1-3-5-8-14(4-2)13-22-18(26)12-11-17-20(27)25-19(23-17)15-9-6-7-10-16(15)24-21(25)28/h6-7,9-10,14,17,23H,3-5,8,11-13H2,1-2H3,(H,22,26)/t14-,17-/m0/s1. The molecule has 28 heavy (non-hydrogen) atoms. The summed E-state index contributed by atoms with van der Waals surface area (Å²) in [6.07, 6.45) is 5.31. The Labute approximate surface area is 170 Å². The molecule has 0 aliphatic carbocycles. The lowest BCUT2D eigenvalue weighted by atomic mass is 9.99. The normalized spacial score (nSPS) is 16.6. The third kappa shape index (κ3) is 4.41. The summed E-state index contributed by atoms with van der Waals surface area (Å²) < 4.78 is 1.71. The maximum absolute atomic E-state index is 12.8. The minimum absolute atomic E-state index is 0.00733. The molecule has 0 radical (unpaired) electrons. The molecule has 2 aromatic rings. The van der Waals surface area contributed by atoms with Crippen molar-refractivity contribution in [2.75, 3.05) is 11.9 Å². The molecule has 1 aromatic carbocycles. The zero-order chi connectivity index (χ0) is 20.1. The average Bonchev–Trinajstić information content (AvgIpc) is 3.04. The van der Waals surface area contributed by atoms with Crippen molar-refractivity contribution < 1.29 is 9.59 Å². The zero-order valence-corrected chi connectivity index (χ0v) is 17.3. The molecule has 0 spiro atoms. The molecule has 1 amide bonds. The molecular formula is C21H28N4O2S. The predicted molar refractivity (Wildman–Crippen MR) is 114 cm³/mol. The Morgan fingerprint density at radius 2 is 2.14 bits per heavy atom. The highest BCUT2D eigenvalue weighted by Gasteiger charge is 2.32. The second kappa shape index (κ2) is 9.28. The number of anilines is 1. The Balaban J connectivity index is 1.59. The second-order valence-electron chi connectivity index (χ2n) is 7.39. The van der Waals surface area contributed by atoms with Crippen LogP contribution in [0.25, 0.3) is 10.9 Å². The number of hydrogen-bond acceptors (Lipinski definition) is 5. The van der Waals surface area contributed by atoms with Gasteiger partial charge in [-0.2, -0.15) is 0 Å². The van der Waals surface area contributed by atoms with E-state index in [-0.39, 0.29) is 16.6 Å². The highest BCUT2D eigenvalue weighted by atomic mass is 32.1. The first kappa shape index (κ1) is 20.5. The van der Waals surface area contributed by atoms with E-state index in [1.165, 1.54) is 17.4 Å². The van der Waals surface area contributed by atoms with Gasteiger partial charge in [-0.25, -0.2) is 9.55 Å². The van der Waals surface area contributed by atoms with Crippen molar-refractivity contribution in [1.29, 1.82) is 0 Å². The zero-order valence-electron chi connectivity index (χ0n) is 16.5. The van der Waals surface area contributed by atoms with Crippen LogP contribution in [0.15, 0.2) is 24.3 Å². The molecule has 1 aromatic heterocycles. The van der Waals surface area contributed by atoms with Crippen LogP contribution in [0.4, 0.5) is 5.82 Å². The maximum atomic E-state index is 12.8. The van der Waals surface area contributed by atoms with Crippen LogP contribution in [0.5, 0.6) is 0 Å². The summed E-state index contributed by atoms with van der Waals surface area (Å²) in [5.74, 6) is 1.05. The van der Waals surface area contributed by atoms with Gasteiger partial charge in [-0.1, -0.05) is 45.2 Å². The molecule has 2 heterocycles. The Morgan fingerprint density at radius 1 is 1.36 bits per heavy atom. The van der Waals surface area contributed by atoms with Crippen LogP contribution >= 0.6 is 12.2 Å². The number of hydrogen-bond donors (Lipinski definition) is 2. The first-order chi connectivity index (χ1) is 13.5. The van der Waals surface area contributed by atoms with Crippen LogP contribution in [0, 0.1) is 10.7 Å².